The lowest BCUT2D eigenvalue weighted by molar-refractivity contribution is -0.293. The van der Waals surface area contributed by atoms with E-state index in [4.69, 9.17) is 25.7 Å². The fourth-order valence-corrected chi connectivity index (χ4v) is 4.05. The highest BCUT2D eigenvalue weighted by atomic mass is 16.7. The van der Waals surface area contributed by atoms with E-state index < -0.39 is 67.0 Å². The van der Waals surface area contributed by atoms with E-state index in [-0.39, 0.29) is 25.2 Å². The van der Waals surface area contributed by atoms with E-state index in [9.17, 15) is 24.9 Å². The van der Waals surface area contributed by atoms with Gasteiger partial charge in [0.1, 0.15) is 30.2 Å². The maximum Gasteiger partial charge on any atom is 0.407 e. The number of rotatable bonds is 5. The number of ketones is 1. The molecular weight excluding hydrogens is 374 g/mol. The lowest BCUT2D eigenvalue weighted by Gasteiger charge is -2.47. The van der Waals surface area contributed by atoms with Gasteiger partial charge in [-0.2, -0.15) is 0 Å². The Kier molecular flexibility index (Phi) is 6.54. The Hall–Kier alpha value is -1.34. The van der Waals surface area contributed by atoms with Crippen molar-refractivity contribution in [2.45, 2.75) is 81.2 Å². The summed E-state index contributed by atoms with van der Waals surface area (Å²) in [5.41, 5.74) is 12.1. The van der Waals surface area contributed by atoms with Crippen LogP contribution in [0.3, 0.4) is 0 Å². The van der Waals surface area contributed by atoms with E-state index in [1.165, 1.54) is 0 Å². The van der Waals surface area contributed by atoms with Crippen LogP contribution in [0.1, 0.15) is 26.2 Å². The third kappa shape index (κ3) is 4.15. The van der Waals surface area contributed by atoms with Crippen LogP contribution in [0.4, 0.5) is 4.79 Å². The number of ether oxygens (including phenoxy) is 3. The Bertz CT molecular complexity index is 591. The smallest absolute Gasteiger partial charge is 0.407 e. The largest absolute Gasteiger partial charge is 0.441 e. The zero-order valence-corrected chi connectivity index (χ0v) is 15.6. The molecule has 0 aromatic heterocycles. The summed E-state index contributed by atoms with van der Waals surface area (Å²) >= 11 is 0. The molecule has 1 saturated carbocycles. The predicted molar refractivity (Wildman–Crippen MR) is 93.8 cm³/mol. The molecule has 2 saturated heterocycles. The maximum absolute atomic E-state index is 11.7. The Balaban J connectivity index is 1.66. The van der Waals surface area contributed by atoms with E-state index in [2.05, 4.69) is 5.32 Å². The fraction of sp³-hybridized carbons (Fsp3) is 0.882. The number of hydrogen-bond donors (Lipinski definition) is 6. The second-order valence-corrected chi connectivity index (χ2v) is 7.70. The second-order valence-electron chi connectivity index (χ2n) is 7.70. The predicted octanol–water partition coefficient (Wildman–Crippen LogP) is -2.67. The minimum Gasteiger partial charge on any atom is -0.441 e. The number of alkyl carbamates (subject to hydrolysis) is 1. The number of nitrogens with two attached hydrogens (primary N) is 2. The summed E-state index contributed by atoms with van der Waals surface area (Å²) in [5.74, 6) is -0.482. The summed E-state index contributed by atoms with van der Waals surface area (Å²) in [6.07, 6.45) is -7.40. The van der Waals surface area contributed by atoms with Crippen molar-refractivity contribution in [1.82, 2.24) is 5.32 Å². The van der Waals surface area contributed by atoms with Crippen molar-refractivity contribution in [1.29, 1.82) is 0 Å². The van der Waals surface area contributed by atoms with Gasteiger partial charge in [0.25, 0.3) is 0 Å². The van der Waals surface area contributed by atoms with Crippen LogP contribution in [0.2, 0.25) is 0 Å². The van der Waals surface area contributed by atoms with Crippen LogP contribution in [0.5, 0.6) is 0 Å². The molecule has 2 heterocycles. The molecule has 4 unspecified atom stereocenters. The van der Waals surface area contributed by atoms with Crippen molar-refractivity contribution in [3.05, 3.63) is 0 Å². The molecule has 11 nitrogen and oxygen atoms in total. The first-order valence-corrected chi connectivity index (χ1v) is 9.55. The van der Waals surface area contributed by atoms with E-state index in [0.29, 0.717) is 6.42 Å². The number of aliphatic hydroxyl groups excluding tert-OH is 3. The van der Waals surface area contributed by atoms with Crippen LogP contribution in [0, 0.1) is 5.92 Å². The van der Waals surface area contributed by atoms with Gasteiger partial charge in [0.2, 0.25) is 0 Å². The first-order valence-electron chi connectivity index (χ1n) is 9.55. The zero-order valence-electron chi connectivity index (χ0n) is 15.6. The van der Waals surface area contributed by atoms with Crippen molar-refractivity contribution in [3.63, 3.8) is 0 Å². The Morgan fingerprint density at radius 2 is 1.96 bits per heavy atom. The molecule has 0 radical (unpaired) electrons. The van der Waals surface area contributed by atoms with Crippen molar-refractivity contribution in [3.8, 4) is 0 Å². The maximum atomic E-state index is 11.7. The van der Waals surface area contributed by atoms with Gasteiger partial charge in [-0.3, -0.25) is 4.79 Å². The topological polar surface area (TPSA) is 187 Å². The number of hydrogen-bond acceptors (Lipinski definition) is 10. The van der Waals surface area contributed by atoms with Crippen molar-refractivity contribution < 1.29 is 39.1 Å². The fourth-order valence-electron chi connectivity index (χ4n) is 4.05. The van der Waals surface area contributed by atoms with Crippen LogP contribution < -0.4 is 16.8 Å². The van der Waals surface area contributed by atoms with Gasteiger partial charge >= 0.3 is 6.09 Å². The van der Waals surface area contributed by atoms with Crippen LogP contribution in [0.25, 0.3) is 0 Å². The highest BCUT2D eigenvalue weighted by Gasteiger charge is 2.51. The van der Waals surface area contributed by atoms with Gasteiger partial charge in [0, 0.05) is 18.9 Å². The average Bonchev–Trinajstić information content (AvgIpc) is 2.67. The molecule has 10 atom stereocenters. The summed E-state index contributed by atoms with van der Waals surface area (Å²) in [7, 11) is 0. The molecule has 160 valence electrons. The molecule has 2 aliphatic heterocycles. The number of fused-ring (bicyclic) bond motifs is 1. The van der Waals surface area contributed by atoms with E-state index in [1.807, 2.05) is 0 Å². The summed E-state index contributed by atoms with van der Waals surface area (Å²) in [6.45, 7) is 1.84. The minimum absolute atomic E-state index is 0.0195. The van der Waals surface area contributed by atoms with E-state index >= 15 is 0 Å². The molecule has 0 spiro atoms. The van der Waals surface area contributed by atoms with Gasteiger partial charge < -0.3 is 46.3 Å². The molecule has 0 bridgehead atoms. The number of aliphatic hydroxyl groups is 3. The van der Waals surface area contributed by atoms with Crippen LogP contribution in [-0.2, 0) is 19.0 Å². The lowest BCUT2D eigenvalue weighted by Crippen LogP contribution is -2.69. The van der Waals surface area contributed by atoms with Crippen molar-refractivity contribution >= 4 is 11.9 Å². The van der Waals surface area contributed by atoms with Gasteiger partial charge in [0.05, 0.1) is 18.7 Å². The molecule has 0 aromatic carbocycles. The van der Waals surface area contributed by atoms with Crippen molar-refractivity contribution in [2.75, 3.05) is 6.54 Å². The van der Waals surface area contributed by atoms with Crippen molar-refractivity contribution in [2.24, 2.45) is 17.4 Å². The second kappa shape index (κ2) is 8.57. The zero-order chi connectivity index (χ0) is 20.6. The average molecular weight is 403 g/mol. The molecule has 3 fully saturated rings. The third-order valence-electron chi connectivity index (χ3n) is 5.75. The molecule has 3 aliphatic rings. The van der Waals surface area contributed by atoms with E-state index in [1.54, 1.807) is 6.92 Å². The number of amides is 1. The number of nitrogens with one attached hydrogen (secondary N) is 1. The molecule has 8 N–H and O–H groups in total. The quantitative estimate of drug-likeness (QED) is 0.283. The monoisotopic (exact) mass is 403 g/mol. The van der Waals surface area contributed by atoms with Crippen LogP contribution >= 0.6 is 0 Å². The van der Waals surface area contributed by atoms with Crippen LogP contribution in [-0.4, -0.2) is 88.7 Å². The Labute approximate surface area is 162 Å². The highest BCUT2D eigenvalue weighted by molar-refractivity contribution is 5.78. The Morgan fingerprint density at radius 3 is 2.64 bits per heavy atom. The first-order chi connectivity index (χ1) is 13.2. The van der Waals surface area contributed by atoms with Gasteiger partial charge in [-0.15, -0.1) is 0 Å². The Morgan fingerprint density at radius 1 is 1.25 bits per heavy atom. The molecule has 0 aromatic rings. The van der Waals surface area contributed by atoms with E-state index in [0.717, 1.165) is 0 Å². The molecule has 3 rings (SSSR count). The molecular formula is C17H29N3O8. The van der Waals surface area contributed by atoms with Gasteiger partial charge in [-0.1, -0.05) is 6.92 Å². The molecule has 28 heavy (non-hydrogen) atoms. The number of carbonyl (C=O) groups excluding carboxylic acids is 2. The normalized spacial score (nSPS) is 46.3. The molecule has 1 aliphatic carbocycles. The standard InChI is InChI=1S/C17H29N3O8/c1-2-7(21)3-6-4-8(18)14(13(24)11(6)22)27-16-10(19)12(23)15-9(26-16)5-20-17(25)28-15/h6,8-16,22-24H,2-5,18-19H2,1H3,(H,20,25)/t6-,8?,9?,10?,11?,12-,13-,14-,15-,16-/m1/s1. The number of Topliss-reactive ketones (excluding diaryl/α,β-unsaturated/α-hetero) is 1. The first kappa shape index (κ1) is 21.4. The molecule has 1 amide bonds. The van der Waals surface area contributed by atoms with Crippen LogP contribution in [0.15, 0.2) is 0 Å². The summed E-state index contributed by atoms with van der Waals surface area (Å²) in [4.78, 5) is 23.0. The summed E-state index contributed by atoms with van der Waals surface area (Å²) in [6, 6.07) is -1.72. The minimum atomic E-state index is -1.34. The number of carbonyl (C=O) groups is 2. The SMILES string of the molecule is CCC(=O)C[C@@H]1CC(N)[C@@H](O[C@H]2OC3CNC(=O)O[C@H]3[C@H](O)C2N)[C@H](O)C1O. The lowest BCUT2D eigenvalue weighted by atomic mass is 9.77. The highest BCUT2D eigenvalue weighted by Crippen LogP contribution is 2.32. The molecule has 11 heteroatoms. The van der Waals surface area contributed by atoms with Gasteiger partial charge in [-0.05, 0) is 12.3 Å². The summed E-state index contributed by atoms with van der Waals surface area (Å²) in [5, 5.41) is 33.7. The van der Waals surface area contributed by atoms with Gasteiger partial charge in [-0.25, -0.2) is 4.79 Å². The van der Waals surface area contributed by atoms with Gasteiger partial charge in [0.15, 0.2) is 12.4 Å². The third-order valence-corrected chi connectivity index (χ3v) is 5.75. The summed E-state index contributed by atoms with van der Waals surface area (Å²) < 4.78 is 16.5.